The van der Waals surface area contributed by atoms with E-state index < -0.39 is 17.7 Å². The van der Waals surface area contributed by atoms with Gasteiger partial charge in [-0.15, -0.1) is 0 Å². The minimum Gasteiger partial charge on any atom is -0.481 e. The second kappa shape index (κ2) is 10.2. The normalized spacial score (nSPS) is 16.4. The summed E-state index contributed by atoms with van der Waals surface area (Å²) in [5.74, 6) is -2.51. The van der Waals surface area contributed by atoms with Crippen molar-refractivity contribution in [1.82, 2.24) is 9.97 Å². The van der Waals surface area contributed by atoms with Gasteiger partial charge >= 0.3 is 17.9 Å². The average molecular weight is 460 g/mol. The number of ether oxygens (including phenoxy) is 4. The SMILES string of the molecule is COc1cc(C2C=CC(OC(=O)c3ccccc3)(OC(=O)c3ccccc3)CC2)nc(OC)n1. The lowest BCUT2D eigenvalue weighted by Crippen LogP contribution is -2.40. The van der Waals surface area contributed by atoms with Crippen molar-refractivity contribution in [2.45, 2.75) is 24.5 Å². The minimum atomic E-state index is -1.56. The van der Waals surface area contributed by atoms with Gasteiger partial charge in [0.15, 0.2) is 0 Å². The second-order valence-electron chi connectivity index (χ2n) is 7.65. The van der Waals surface area contributed by atoms with Crippen molar-refractivity contribution in [1.29, 1.82) is 0 Å². The van der Waals surface area contributed by atoms with E-state index in [2.05, 4.69) is 9.97 Å². The molecule has 174 valence electrons. The Hall–Kier alpha value is -4.20. The zero-order valence-electron chi connectivity index (χ0n) is 18.8. The van der Waals surface area contributed by atoms with Gasteiger partial charge in [-0.1, -0.05) is 42.5 Å². The molecule has 1 atom stereocenters. The molecule has 1 aliphatic rings. The molecule has 8 heteroatoms. The number of aromatic nitrogens is 2. The topological polar surface area (TPSA) is 96.8 Å². The number of carbonyl (C=O) groups is 2. The lowest BCUT2D eigenvalue weighted by molar-refractivity contribution is -0.143. The van der Waals surface area contributed by atoms with Crippen molar-refractivity contribution in [3.05, 3.63) is 95.7 Å². The molecule has 8 nitrogen and oxygen atoms in total. The van der Waals surface area contributed by atoms with E-state index in [0.29, 0.717) is 29.1 Å². The number of allylic oxidation sites excluding steroid dienone is 1. The molecule has 34 heavy (non-hydrogen) atoms. The lowest BCUT2D eigenvalue weighted by atomic mass is 9.89. The number of hydrogen-bond donors (Lipinski definition) is 0. The summed E-state index contributed by atoms with van der Waals surface area (Å²) in [4.78, 5) is 34.2. The van der Waals surface area contributed by atoms with Gasteiger partial charge in [-0.05, 0) is 36.8 Å². The first kappa shape index (κ1) is 23.0. The maximum atomic E-state index is 12.9. The molecule has 0 saturated carbocycles. The van der Waals surface area contributed by atoms with E-state index in [9.17, 15) is 9.59 Å². The predicted octanol–water partition coefficient (Wildman–Crippen LogP) is 4.34. The van der Waals surface area contributed by atoms with E-state index in [1.54, 1.807) is 78.9 Å². The van der Waals surface area contributed by atoms with Crippen molar-refractivity contribution in [3.8, 4) is 11.9 Å². The van der Waals surface area contributed by atoms with Crippen LogP contribution in [0.5, 0.6) is 11.9 Å². The van der Waals surface area contributed by atoms with E-state index in [4.69, 9.17) is 18.9 Å². The van der Waals surface area contributed by atoms with Crippen LogP contribution in [0.1, 0.15) is 45.2 Å². The van der Waals surface area contributed by atoms with E-state index in [-0.39, 0.29) is 18.3 Å². The molecule has 1 aliphatic carbocycles. The highest BCUT2D eigenvalue weighted by molar-refractivity contribution is 5.91. The molecule has 1 heterocycles. The molecule has 0 saturated heterocycles. The van der Waals surface area contributed by atoms with E-state index >= 15 is 0 Å². The molecule has 0 aliphatic heterocycles. The number of nitrogens with zero attached hydrogens (tertiary/aromatic N) is 2. The van der Waals surface area contributed by atoms with Crippen LogP contribution in [0.3, 0.4) is 0 Å². The van der Waals surface area contributed by atoms with Gasteiger partial charge in [-0.3, -0.25) is 0 Å². The smallest absolute Gasteiger partial charge is 0.341 e. The monoisotopic (exact) mass is 460 g/mol. The first-order valence-electron chi connectivity index (χ1n) is 10.7. The molecule has 0 spiro atoms. The Bertz CT molecular complexity index is 1100. The fourth-order valence-corrected chi connectivity index (χ4v) is 3.62. The molecule has 2 aromatic carbocycles. The largest absolute Gasteiger partial charge is 0.481 e. The van der Waals surface area contributed by atoms with Crippen LogP contribution in [-0.2, 0) is 9.47 Å². The van der Waals surface area contributed by atoms with Crippen LogP contribution in [0.2, 0.25) is 0 Å². The summed E-state index contributed by atoms with van der Waals surface area (Å²) in [5, 5.41) is 0. The first-order chi connectivity index (χ1) is 16.5. The predicted molar refractivity (Wildman–Crippen MR) is 123 cm³/mol. The number of hydrogen-bond acceptors (Lipinski definition) is 8. The van der Waals surface area contributed by atoms with Gasteiger partial charge in [0.05, 0.1) is 31.0 Å². The summed E-state index contributed by atoms with van der Waals surface area (Å²) < 4.78 is 22.0. The summed E-state index contributed by atoms with van der Waals surface area (Å²) in [6, 6.07) is 19.0. The van der Waals surface area contributed by atoms with Gasteiger partial charge in [-0.25, -0.2) is 9.59 Å². The molecule has 4 rings (SSSR count). The van der Waals surface area contributed by atoms with Crippen LogP contribution < -0.4 is 9.47 Å². The van der Waals surface area contributed by atoms with Gasteiger partial charge in [0.2, 0.25) is 5.88 Å². The fraction of sp³-hybridized carbons (Fsp3) is 0.231. The van der Waals surface area contributed by atoms with Crippen molar-refractivity contribution < 1.29 is 28.5 Å². The van der Waals surface area contributed by atoms with Gasteiger partial charge in [0.1, 0.15) is 0 Å². The van der Waals surface area contributed by atoms with Crippen LogP contribution in [0, 0.1) is 0 Å². The molecule has 0 bridgehead atoms. The second-order valence-corrected chi connectivity index (χ2v) is 7.65. The fourth-order valence-electron chi connectivity index (χ4n) is 3.62. The zero-order valence-corrected chi connectivity index (χ0v) is 18.8. The molecule has 0 fully saturated rings. The lowest BCUT2D eigenvalue weighted by Gasteiger charge is -2.34. The molecule has 0 radical (unpaired) electrons. The Labute approximate surface area is 197 Å². The number of carbonyl (C=O) groups excluding carboxylic acids is 2. The number of rotatable bonds is 7. The van der Waals surface area contributed by atoms with Crippen molar-refractivity contribution >= 4 is 11.9 Å². The Balaban J connectivity index is 1.62. The van der Waals surface area contributed by atoms with Gasteiger partial charge < -0.3 is 18.9 Å². The van der Waals surface area contributed by atoms with Crippen LogP contribution in [0.25, 0.3) is 0 Å². The van der Waals surface area contributed by atoms with Crippen LogP contribution >= 0.6 is 0 Å². The molecule has 0 amide bonds. The third kappa shape index (κ3) is 5.23. The minimum absolute atomic E-state index is 0.148. The van der Waals surface area contributed by atoms with Gasteiger partial charge in [-0.2, -0.15) is 9.97 Å². The Morgan fingerprint density at radius 3 is 1.91 bits per heavy atom. The highest BCUT2D eigenvalue weighted by Crippen LogP contribution is 2.37. The molecular weight excluding hydrogens is 436 g/mol. The maximum absolute atomic E-state index is 12.9. The van der Waals surface area contributed by atoms with Crippen LogP contribution in [-0.4, -0.2) is 41.9 Å². The van der Waals surface area contributed by atoms with Crippen molar-refractivity contribution in [2.75, 3.05) is 14.2 Å². The summed E-state index contributed by atoms with van der Waals surface area (Å²) in [7, 11) is 2.99. The highest BCUT2D eigenvalue weighted by atomic mass is 16.7. The van der Waals surface area contributed by atoms with Gasteiger partial charge in [0.25, 0.3) is 5.79 Å². The maximum Gasteiger partial charge on any atom is 0.341 e. The molecule has 1 aromatic heterocycles. The van der Waals surface area contributed by atoms with E-state index in [1.165, 1.54) is 14.2 Å². The molecule has 3 aromatic rings. The number of methoxy groups -OCH3 is 2. The third-order valence-electron chi connectivity index (χ3n) is 5.41. The van der Waals surface area contributed by atoms with Crippen molar-refractivity contribution in [2.24, 2.45) is 0 Å². The highest BCUT2D eigenvalue weighted by Gasteiger charge is 2.40. The van der Waals surface area contributed by atoms with Crippen LogP contribution in [0.4, 0.5) is 0 Å². The Morgan fingerprint density at radius 2 is 1.44 bits per heavy atom. The molecular formula is C26H24N2O6. The number of benzene rings is 2. The van der Waals surface area contributed by atoms with Crippen LogP contribution in [0.15, 0.2) is 78.9 Å². The molecule has 0 N–H and O–H groups in total. The first-order valence-corrected chi connectivity index (χ1v) is 10.7. The Morgan fingerprint density at radius 1 is 0.853 bits per heavy atom. The quantitative estimate of drug-likeness (QED) is 0.292. The number of esters is 2. The average Bonchev–Trinajstić information content (AvgIpc) is 2.89. The summed E-state index contributed by atoms with van der Waals surface area (Å²) in [6.45, 7) is 0. The van der Waals surface area contributed by atoms with Gasteiger partial charge in [0, 0.05) is 18.4 Å². The van der Waals surface area contributed by atoms with E-state index in [0.717, 1.165) is 0 Å². The summed E-state index contributed by atoms with van der Waals surface area (Å²) in [5.41, 5.74) is 1.40. The van der Waals surface area contributed by atoms with E-state index in [1.807, 2.05) is 0 Å². The standard InChI is InChI=1S/C26H24N2O6/c1-31-22-17-21(27-25(28-22)32-2)18-13-15-26(16-14-18,33-23(29)19-9-5-3-6-10-19)34-24(30)20-11-7-4-8-12-20/h3-13,15,17-18H,14,16H2,1-2H3. The molecule has 1 unspecified atom stereocenters. The Kier molecular flexibility index (Phi) is 6.87. The summed E-state index contributed by atoms with van der Waals surface area (Å²) in [6.07, 6.45) is 4.13. The third-order valence-corrected chi connectivity index (χ3v) is 5.41. The summed E-state index contributed by atoms with van der Waals surface area (Å²) >= 11 is 0. The van der Waals surface area contributed by atoms with Crippen molar-refractivity contribution in [3.63, 3.8) is 0 Å². The zero-order chi connectivity index (χ0) is 24.0.